The maximum Gasteiger partial charge on any atom is 0.410 e. The van der Waals surface area contributed by atoms with Crippen LogP contribution in [0, 0.1) is 6.07 Å². The van der Waals surface area contributed by atoms with Crippen LogP contribution in [0.25, 0.3) is 0 Å². The molecule has 0 aliphatic carbocycles. The molecule has 2 rings (SSSR count). The fourth-order valence-corrected chi connectivity index (χ4v) is 1.86. The predicted octanol–water partition coefficient (Wildman–Crippen LogP) is 2.30. The second-order valence-corrected chi connectivity index (χ2v) is 5.64. The first-order valence-electron chi connectivity index (χ1n) is 6.51. The van der Waals surface area contributed by atoms with Crippen LogP contribution in [0.4, 0.5) is 10.6 Å². The van der Waals surface area contributed by atoms with Crippen molar-refractivity contribution in [3.63, 3.8) is 0 Å². The highest BCUT2D eigenvalue weighted by molar-refractivity contribution is 5.69. The molecule has 2 heterocycles. The van der Waals surface area contributed by atoms with Crippen LogP contribution in [-0.4, -0.2) is 40.7 Å². The number of carbonyl (C=O) groups excluding carboxylic acids is 1. The minimum absolute atomic E-state index is 0.181. The Morgan fingerprint density at radius 1 is 1.63 bits per heavy atom. The molecule has 0 spiro atoms. The van der Waals surface area contributed by atoms with Gasteiger partial charge in [-0.15, -0.1) is 0 Å². The van der Waals surface area contributed by atoms with Crippen LogP contribution in [-0.2, 0) is 4.74 Å². The molecule has 1 saturated heterocycles. The predicted molar refractivity (Wildman–Crippen MR) is 72.9 cm³/mol. The van der Waals surface area contributed by atoms with E-state index < -0.39 is 5.60 Å². The van der Waals surface area contributed by atoms with Crippen LogP contribution >= 0.6 is 0 Å². The smallest absolute Gasteiger partial charge is 0.410 e. The molecule has 0 saturated carbocycles. The lowest BCUT2D eigenvalue weighted by atomic mass is 10.0. The van der Waals surface area contributed by atoms with E-state index in [9.17, 15) is 4.79 Å². The summed E-state index contributed by atoms with van der Waals surface area (Å²) in [5.74, 6) is 0.801. The third kappa shape index (κ3) is 3.84. The molecule has 0 bridgehead atoms. The topological polar surface area (TPSA) is 54.5 Å². The van der Waals surface area contributed by atoms with E-state index in [2.05, 4.69) is 16.4 Å². The average Bonchev–Trinajstić information content (AvgIpc) is 2.26. The molecule has 1 amide bonds. The van der Waals surface area contributed by atoms with Gasteiger partial charge in [0.15, 0.2) is 0 Å². The molecule has 103 valence electrons. The Balaban J connectivity index is 1.81. The number of hydrogen-bond acceptors (Lipinski definition) is 4. The summed E-state index contributed by atoms with van der Waals surface area (Å²) in [6, 6.07) is 6.71. The van der Waals surface area contributed by atoms with Crippen molar-refractivity contribution in [1.29, 1.82) is 0 Å². The van der Waals surface area contributed by atoms with Crippen molar-refractivity contribution in [2.75, 3.05) is 18.4 Å². The molecule has 1 aliphatic heterocycles. The zero-order valence-corrected chi connectivity index (χ0v) is 11.6. The van der Waals surface area contributed by atoms with Crippen molar-refractivity contribution < 1.29 is 9.53 Å². The van der Waals surface area contributed by atoms with Gasteiger partial charge in [-0.3, -0.25) is 0 Å². The summed E-state index contributed by atoms with van der Waals surface area (Å²) in [7, 11) is 0. The summed E-state index contributed by atoms with van der Waals surface area (Å²) in [6.45, 7) is 7.08. The minimum atomic E-state index is -0.443. The summed E-state index contributed by atoms with van der Waals surface area (Å²) in [6.07, 6.45) is 2.37. The maximum absolute atomic E-state index is 11.9. The maximum atomic E-state index is 11.9. The van der Waals surface area contributed by atoms with Crippen molar-refractivity contribution in [2.45, 2.75) is 38.8 Å². The lowest BCUT2D eigenvalue weighted by Gasteiger charge is -2.41. The number of likely N-dealkylation sites (tertiary alicyclic amines) is 1. The molecule has 5 heteroatoms. The second-order valence-electron chi connectivity index (χ2n) is 5.64. The number of aromatic nitrogens is 1. The van der Waals surface area contributed by atoms with Crippen molar-refractivity contribution >= 4 is 11.9 Å². The van der Waals surface area contributed by atoms with Gasteiger partial charge < -0.3 is 15.0 Å². The van der Waals surface area contributed by atoms with E-state index in [0.29, 0.717) is 6.54 Å². The molecular formula is C14H20N3O2. The fraction of sp³-hybridized carbons (Fsp3) is 0.571. The van der Waals surface area contributed by atoms with Gasteiger partial charge >= 0.3 is 6.09 Å². The summed E-state index contributed by atoms with van der Waals surface area (Å²) >= 11 is 0. The Morgan fingerprint density at radius 3 is 2.95 bits per heavy atom. The van der Waals surface area contributed by atoms with Crippen molar-refractivity contribution in [3.05, 3.63) is 24.4 Å². The number of nitrogens with one attached hydrogen (secondary N) is 1. The summed E-state index contributed by atoms with van der Waals surface area (Å²) in [5.41, 5.74) is -0.443. The highest BCUT2D eigenvalue weighted by Gasteiger charge is 2.34. The van der Waals surface area contributed by atoms with Gasteiger partial charge in [0, 0.05) is 25.4 Å². The highest BCUT2D eigenvalue weighted by Crippen LogP contribution is 2.21. The molecule has 19 heavy (non-hydrogen) atoms. The third-order valence-electron chi connectivity index (χ3n) is 2.91. The lowest BCUT2D eigenvalue weighted by molar-refractivity contribution is -0.00275. The molecule has 1 aromatic rings. The normalized spacial score (nSPS) is 18.7. The molecule has 1 aliphatic rings. The Labute approximate surface area is 114 Å². The highest BCUT2D eigenvalue weighted by atomic mass is 16.6. The molecule has 1 radical (unpaired) electrons. The Morgan fingerprint density at radius 2 is 2.42 bits per heavy atom. The molecular weight excluding hydrogens is 242 g/mol. The molecule has 1 unspecified atom stereocenters. The van der Waals surface area contributed by atoms with Gasteiger partial charge in [0.2, 0.25) is 0 Å². The van der Waals surface area contributed by atoms with Gasteiger partial charge in [0.1, 0.15) is 11.4 Å². The second kappa shape index (κ2) is 5.47. The summed E-state index contributed by atoms with van der Waals surface area (Å²) in [4.78, 5) is 17.8. The van der Waals surface area contributed by atoms with Gasteiger partial charge in [-0.1, -0.05) is 0 Å². The monoisotopic (exact) mass is 262 g/mol. The van der Waals surface area contributed by atoms with Crippen molar-refractivity contribution in [3.8, 4) is 0 Å². The van der Waals surface area contributed by atoms with Crippen LogP contribution in [0.15, 0.2) is 18.3 Å². The van der Waals surface area contributed by atoms with E-state index in [1.165, 1.54) is 0 Å². The Kier molecular flexibility index (Phi) is 3.93. The minimum Gasteiger partial charge on any atom is -0.444 e. The largest absolute Gasteiger partial charge is 0.444 e. The molecule has 1 N–H and O–H groups in total. The van der Waals surface area contributed by atoms with Gasteiger partial charge in [0.05, 0.1) is 6.04 Å². The quantitative estimate of drug-likeness (QED) is 0.908. The van der Waals surface area contributed by atoms with E-state index in [1.807, 2.05) is 32.9 Å². The number of rotatable bonds is 3. The van der Waals surface area contributed by atoms with Gasteiger partial charge in [-0.05, 0) is 39.3 Å². The first-order chi connectivity index (χ1) is 8.96. The number of pyridine rings is 1. The Hall–Kier alpha value is -1.78. The zero-order chi connectivity index (χ0) is 13.9. The molecule has 1 atom stereocenters. The number of ether oxygens (including phenoxy) is 1. The van der Waals surface area contributed by atoms with Crippen LogP contribution < -0.4 is 5.32 Å². The lowest BCUT2D eigenvalue weighted by Crippen LogP contribution is -2.55. The number of hydrogen-bond donors (Lipinski definition) is 1. The van der Waals surface area contributed by atoms with E-state index >= 15 is 0 Å². The van der Waals surface area contributed by atoms with Gasteiger partial charge in [-0.25, -0.2) is 9.78 Å². The standard InChI is InChI=1S/C14H20N3O2/c1-14(2,3)19-13(18)17-9-7-11(17)10-16-12-6-4-5-8-15-12/h4,6,8,11H,7,9-10H2,1-3H3,(H,15,16). The number of anilines is 1. The van der Waals surface area contributed by atoms with Crippen LogP contribution in [0.3, 0.4) is 0 Å². The first-order valence-corrected chi connectivity index (χ1v) is 6.51. The average molecular weight is 262 g/mol. The zero-order valence-electron chi connectivity index (χ0n) is 11.6. The van der Waals surface area contributed by atoms with E-state index in [-0.39, 0.29) is 12.1 Å². The summed E-state index contributed by atoms with van der Waals surface area (Å²) in [5, 5.41) is 3.21. The fourth-order valence-electron chi connectivity index (χ4n) is 1.86. The van der Waals surface area contributed by atoms with Crippen LogP contribution in [0.5, 0.6) is 0 Å². The third-order valence-corrected chi connectivity index (χ3v) is 2.91. The SMILES string of the molecule is CC(C)(C)OC(=O)N1CCC1CNc1cc[c]cn1. The Bertz CT molecular complexity index is 428. The van der Waals surface area contributed by atoms with Crippen molar-refractivity contribution in [2.24, 2.45) is 0 Å². The van der Waals surface area contributed by atoms with Crippen molar-refractivity contribution in [1.82, 2.24) is 9.88 Å². The molecule has 1 aromatic heterocycles. The molecule has 1 fully saturated rings. The molecule has 0 aromatic carbocycles. The molecule has 5 nitrogen and oxygen atoms in total. The number of carbonyl (C=O) groups is 1. The van der Waals surface area contributed by atoms with Crippen LogP contribution in [0.2, 0.25) is 0 Å². The first kappa shape index (κ1) is 13.6. The van der Waals surface area contributed by atoms with Crippen LogP contribution in [0.1, 0.15) is 27.2 Å². The number of nitrogens with zero attached hydrogens (tertiary/aromatic N) is 2. The van der Waals surface area contributed by atoms with E-state index in [0.717, 1.165) is 18.8 Å². The summed E-state index contributed by atoms with van der Waals surface area (Å²) < 4.78 is 5.36. The van der Waals surface area contributed by atoms with Gasteiger partial charge in [0.25, 0.3) is 0 Å². The van der Waals surface area contributed by atoms with E-state index in [1.54, 1.807) is 11.1 Å². The number of amides is 1. The van der Waals surface area contributed by atoms with E-state index in [4.69, 9.17) is 4.74 Å². The van der Waals surface area contributed by atoms with Gasteiger partial charge in [-0.2, -0.15) is 0 Å².